The van der Waals surface area contributed by atoms with Crippen LogP contribution in [0, 0.1) is 5.92 Å². The molecule has 76 valence electrons. The maximum absolute atomic E-state index is 10.4. The van der Waals surface area contributed by atoms with Gasteiger partial charge in [-0.05, 0) is 25.2 Å². The Kier molecular flexibility index (Phi) is 3.69. The minimum atomic E-state index is -1.03. The number of nitrogens with two attached hydrogens (primary N) is 1. The van der Waals surface area contributed by atoms with Crippen LogP contribution in [0.1, 0.15) is 32.1 Å². The monoisotopic (exact) mass is 187 g/mol. The number of aliphatic hydroxyl groups excluding tert-OH is 1. The van der Waals surface area contributed by atoms with Crippen LogP contribution in [-0.4, -0.2) is 28.3 Å². The Hall–Kier alpha value is -0.610. The van der Waals surface area contributed by atoms with Gasteiger partial charge in [0, 0.05) is 0 Å². The van der Waals surface area contributed by atoms with Crippen molar-refractivity contribution in [2.75, 3.05) is 0 Å². The van der Waals surface area contributed by atoms with Crippen LogP contribution in [0.4, 0.5) is 0 Å². The van der Waals surface area contributed by atoms with E-state index in [1.165, 1.54) is 0 Å². The fourth-order valence-corrected chi connectivity index (χ4v) is 1.90. The normalized spacial score (nSPS) is 22.9. The summed E-state index contributed by atoms with van der Waals surface area (Å²) in [7, 11) is 0. The van der Waals surface area contributed by atoms with Crippen LogP contribution >= 0.6 is 0 Å². The van der Waals surface area contributed by atoms with Gasteiger partial charge in [0.05, 0.1) is 6.10 Å². The second kappa shape index (κ2) is 4.58. The zero-order valence-corrected chi connectivity index (χ0v) is 7.65. The van der Waals surface area contributed by atoms with Gasteiger partial charge in [-0.1, -0.05) is 12.8 Å². The highest BCUT2D eigenvalue weighted by molar-refractivity contribution is 5.73. The number of hydrogen-bond acceptors (Lipinski definition) is 3. The van der Waals surface area contributed by atoms with Gasteiger partial charge in [-0.3, -0.25) is 4.79 Å². The van der Waals surface area contributed by atoms with Crippen molar-refractivity contribution in [2.24, 2.45) is 11.7 Å². The summed E-state index contributed by atoms with van der Waals surface area (Å²) >= 11 is 0. The third-order valence-electron chi connectivity index (χ3n) is 2.76. The lowest BCUT2D eigenvalue weighted by atomic mass is 9.95. The van der Waals surface area contributed by atoms with Gasteiger partial charge in [-0.15, -0.1) is 0 Å². The highest BCUT2D eigenvalue weighted by Gasteiger charge is 2.26. The standard InChI is InChI=1S/C9H17NO3/c10-7(9(12)13)5-8(11)6-3-1-2-4-6/h6-8,11H,1-5,10H2,(H,12,13). The molecule has 2 atom stereocenters. The molecule has 1 aliphatic carbocycles. The van der Waals surface area contributed by atoms with Gasteiger partial charge in [-0.2, -0.15) is 0 Å². The SMILES string of the molecule is NC(CC(O)C1CCCC1)C(=O)O. The van der Waals surface area contributed by atoms with E-state index in [1.807, 2.05) is 0 Å². The highest BCUT2D eigenvalue weighted by Crippen LogP contribution is 2.29. The van der Waals surface area contributed by atoms with Crippen molar-refractivity contribution >= 4 is 5.97 Å². The Bertz CT molecular complexity index is 178. The lowest BCUT2D eigenvalue weighted by Gasteiger charge is -2.19. The molecule has 4 nitrogen and oxygen atoms in total. The molecule has 0 heterocycles. The fraction of sp³-hybridized carbons (Fsp3) is 0.889. The van der Waals surface area contributed by atoms with Gasteiger partial charge >= 0.3 is 5.97 Å². The molecule has 0 spiro atoms. The van der Waals surface area contributed by atoms with Crippen molar-refractivity contribution < 1.29 is 15.0 Å². The number of carboxylic acids is 1. The molecule has 0 radical (unpaired) electrons. The maximum Gasteiger partial charge on any atom is 0.320 e. The average Bonchev–Trinajstić information content (AvgIpc) is 2.55. The molecular formula is C9H17NO3. The summed E-state index contributed by atoms with van der Waals surface area (Å²) in [6.07, 6.45) is 3.95. The molecule has 13 heavy (non-hydrogen) atoms. The van der Waals surface area contributed by atoms with Crippen LogP contribution in [0.2, 0.25) is 0 Å². The highest BCUT2D eigenvalue weighted by atomic mass is 16.4. The Morgan fingerprint density at radius 3 is 2.46 bits per heavy atom. The third kappa shape index (κ3) is 2.97. The summed E-state index contributed by atoms with van der Waals surface area (Å²) in [5.41, 5.74) is 5.33. The second-order valence-corrected chi connectivity index (χ2v) is 3.79. The number of aliphatic carboxylic acids is 1. The van der Waals surface area contributed by atoms with Gasteiger partial charge in [-0.25, -0.2) is 0 Å². The number of aliphatic hydroxyl groups is 1. The van der Waals surface area contributed by atoms with Gasteiger partial charge in [0.2, 0.25) is 0 Å². The lowest BCUT2D eigenvalue weighted by Crippen LogP contribution is -2.36. The average molecular weight is 187 g/mol. The molecule has 4 heteroatoms. The first-order valence-electron chi connectivity index (χ1n) is 4.77. The molecule has 1 saturated carbocycles. The molecule has 1 fully saturated rings. The van der Waals surface area contributed by atoms with E-state index in [2.05, 4.69) is 0 Å². The largest absolute Gasteiger partial charge is 0.480 e. The van der Waals surface area contributed by atoms with Gasteiger partial charge < -0.3 is 15.9 Å². The van der Waals surface area contributed by atoms with Crippen LogP contribution in [0.25, 0.3) is 0 Å². The molecule has 4 N–H and O–H groups in total. The van der Waals surface area contributed by atoms with E-state index in [0.717, 1.165) is 25.7 Å². The summed E-state index contributed by atoms with van der Waals surface area (Å²) in [6, 6.07) is -0.921. The number of hydrogen-bond donors (Lipinski definition) is 3. The van der Waals surface area contributed by atoms with Crippen LogP contribution in [0.3, 0.4) is 0 Å². The zero-order chi connectivity index (χ0) is 9.84. The quantitative estimate of drug-likeness (QED) is 0.592. The molecule has 0 amide bonds. The van der Waals surface area contributed by atoms with Crippen molar-refractivity contribution in [2.45, 2.75) is 44.2 Å². The van der Waals surface area contributed by atoms with E-state index >= 15 is 0 Å². The van der Waals surface area contributed by atoms with Crippen molar-refractivity contribution in [1.29, 1.82) is 0 Å². The second-order valence-electron chi connectivity index (χ2n) is 3.79. The minimum absolute atomic E-state index is 0.181. The minimum Gasteiger partial charge on any atom is -0.480 e. The van der Waals surface area contributed by atoms with Crippen LogP contribution in [0.15, 0.2) is 0 Å². The van der Waals surface area contributed by atoms with E-state index in [4.69, 9.17) is 10.8 Å². The summed E-state index contributed by atoms with van der Waals surface area (Å²) in [4.78, 5) is 10.4. The van der Waals surface area contributed by atoms with Crippen LogP contribution in [0.5, 0.6) is 0 Å². The zero-order valence-electron chi connectivity index (χ0n) is 7.65. The third-order valence-corrected chi connectivity index (χ3v) is 2.76. The molecule has 0 bridgehead atoms. The fourth-order valence-electron chi connectivity index (χ4n) is 1.90. The first-order valence-corrected chi connectivity index (χ1v) is 4.77. The Labute approximate surface area is 77.7 Å². The van der Waals surface area contributed by atoms with Crippen molar-refractivity contribution in [3.63, 3.8) is 0 Å². The molecule has 0 saturated heterocycles. The number of carboxylic acid groups (broad SMARTS) is 1. The molecule has 1 rings (SSSR count). The maximum atomic E-state index is 10.4. The summed E-state index contributed by atoms with van der Waals surface area (Å²) in [5, 5.41) is 18.2. The summed E-state index contributed by atoms with van der Waals surface area (Å²) < 4.78 is 0. The van der Waals surface area contributed by atoms with E-state index in [9.17, 15) is 9.90 Å². The predicted molar refractivity (Wildman–Crippen MR) is 48.2 cm³/mol. The van der Waals surface area contributed by atoms with Crippen molar-refractivity contribution in [1.82, 2.24) is 0 Å². The molecule has 2 unspecified atom stereocenters. The Morgan fingerprint density at radius 2 is 2.00 bits per heavy atom. The van der Waals surface area contributed by atoms with E-state index in [-0.39, 0.29) is 12.3 Å². The first-order chi connectivity index (χ1) is 6.11. The number of rotatable bonds is 4. The molecule has 0 aliphatic heterocycles. The summed E-state index contributed by atoms with van der Waals surface area (Å²) in [6.45, 7) is 0. The van der Waals surface area contributed by atoms with Gasteiger partial charge in [0.25, 0.3) is 0 Å². The molecule has 0 aromatic heterocycles. The van der Waals surface area contributed by atoms with Gasteiger partial charge in [0.1, 0.15) is 6.04 Å². The predicted octanol–water partition coefficient (Wildman–Crippen LogP) is 0.339. The van der Waals surface area contributed by atoms with Crippen LogP contribution in [-0.2, 0) is 4.79 Å². The van der Waals surface area contributed by atoms with Crippen molar-refractivity contribution in [3.8, 4) is 0 Å². The van der Waals surface area contributed by atoms with Crippen LogP contribution < -0.4 is 5.73 Å². The Balaban J connectivity index is 2.30. The summed E-state index contributed by atoms with van der Waals surface area (Å²) in [5.74, 6) is -0.762. The lowest BCUT2D eigenvalue weighted by molar-refractivity contribution is -0.139. The van der Waals surface area contributed by atoms with E-state index in [1.54, 1.807) is 0 Å². The molecular weight excluding hydrogens is 170 g/mol. The first kappa shape index (κ1) is 10.5. The van der Waals surface area contributed by atoms with E-state index in [0.29, 0.717) is 0 Å². The van der Waals surface area contributed by atoms with Crippen molar-refractivity contribution in [3.05, 3.63) is 0 Å². The number of carbonyl (C=O) groups is 1. The smallest absolute Gasteiger partial charge is 0.320 e. The van der Waals surface area contributed by atoms with E-state index < -0.39 is 18.1 Å². The topological polar surface area (TPSA) is 83.5 Å². The molecule has 0 aromatic carbocycles. The van der Waals surface area contributed by atoms with Gasteiger partial charge in [0.15, 0.2) is 0 Å². The molecule has 1 aliphatic rings. The Morgan fingerprint density at radius 1 is 1.46 bits per heavy atom. The molecule has 0 aromatic rings.